The molecule has 1 spiro atoms. The second-order valence-corrected chi connectivity index (χ2v) is 10.2. The lowest BCUT2D eigenvalue weighted by Crippen LogP contribution is -2.69. The van der Waals surface area contributed by atoms with Crippen molar-refractivity contribution in [3.8, 4) is 0 Å². The van der Waals surface area contributed by atoms with Crippen molar-refractivity contribution >= 4 is 61.5 Å². The number of rotatable bonds is 2. The molecule has 3 aromatic rings. The van der Waals surface area contributed by atoms with E-state index in [-0.39, 0.29) is 17.3 Å². The van der Waals surface area contributed by atoms with Crippen LogP contribution in [0, 0.1) is 5.41 Å². The van der Waals surface area contributed by atoms with Gasteiger partial charge in [0.2, 0.25) is 17.8 Å². The average molecular weight is 602 g/mol. The fraction of sp³-hybridized carbons (Fsp3) is 0.174. The molecule has 1 saturated heterocycles. The summed E-state index contributed by atoms with van der Waals surface area (Å²) < 4.78 is 1.56. The Morgan fingerprint density at radius 3 is 2.11 bits per heavy atom. The number of carbonyl (C=O) groups excluding carboxylic acids is 3. The molecule has 2 aliphatic rings. The number of barbiturate groups is 1. The van der Waals surface area contributed by atoms with Gasteiger partial charge in [0, 0.05) is 21.9 Å². The topological polar surface area (TPSA) is 150 Å². The molecule has 2 aliphatic heterocycles. The first-order valence-electron chi connectivity index (χ1n) is 10.4. The molecular weight excluding hydrogens is 584 g/mol. The smallest absolute Gasteiger partial charge is 0.330 e. The number of nitrogens with one attached hydrogen (secondary N) is 3. The predicted octanol–water partition coefficient (Wildman–Crippen LogP) is 2.87. The molecule has 2 aromatic carbocycles. The molecule has 1 fully saturated rings. The molecule has 4 amide bonds. The zero-order valence-electron chi connectivity index (χ0n) is 18.1. The lowest BCUT2D eigenvalue weighted by Gasteiger charge is -2.50. The highest BCUT2D eigenvalue weighted by Gasteiger charge is 2.66. The zero-order valence-corrected chi connectivity index (χ0v) is 21.3. The number of urea groups is 1. The average Bonchev–Trinajstić information content (AvgIpc) is 2.82. The van der Waals surface area contributed by atoms with Crippen molar-refractivity contribution in [2.75, 3.05) is 18.1 Å². The van der Waals surface area contributed by atoms with E-state index in [0.29, 0.717) is 11.1 Å². The molecule has 0 radical (unpaired) electrons. The maximum absolute atomic E-state index is 14.0. The minimum atomic E-state index is -1.94. The Hall–Kier alpha value is -3.51. The van der Waals surface area contributed by atoms with Crippen LogP contribution in [0.3, 0.4) is 0 Å². The Morgan fingerprint density at radius 1 is 0.943 bits per heavy atom. The third-order valence-electron chi connectivity index (χ3n) is 6.42. The molecule has 0 aliphatic carbocycles. The van der Waals surface area contributed by atoms with Gasteiger partial charge < -0.3 is 11.1 Å². The Kier molecular flexibility index (Phi) is 5.52. The van der Waals surface area contributed by atoms with Crippen LogP contribution in [-0.2, 0) is 9.59 Å². The molecule has 12 heteroatoms. The van der Waals surface area contributed by atoms with Crippen molar-refractivity contribution in [1.82, 2.24) is 20.2 Å². The van der Waals surface area contributed by atoms with Crippen molar-refractivity contribution in [2.24, 2.45) is 5.41 Å². The predicted molar refractivity (Wildman–Crippen MR) is 135 cm³/mol. The number of halogens is 2. The van der Waals surface area contributed by atoms with Crippen LogP contribution in [0.4, 0.5) is 16.6 Å². The van der Waals surface area contributed by atoms with E-state index < -0.39 is 40.8 Å². The molecular formula is C23H18Br2N6O4. The minimum Gasteiger partial charge on any atom is -0.369 e. The highest BCUT2D eigenvalue weighted by atomic mass is 79.9. The summed E-state index contributed by atoms with van der Waals surface area (Å²) in [5, 5.41) is 5.44. The number of aromatic amines is 1. The van der Waals surface area contributed by atoms with Gasteiger partial charge in [0.25, 0.3) is 5.56 Å². The number of carbonyl (C=O) groups is 3. The number of nitrogens with two attached hydrogens (primary N) is 1. The summed E-state index contributed by atoms with van der Waals surface area (Å²) >= 11 is 6.80. The fourth-order valence-corrected chi connectivity index (χ4v) is 5.40. The van der Waals surface area contributed by atoms with Crippen LogP contribution in [0.15, 0.2) is 62.3 Å². The molecule has 3 atom stereocenters. The summed E-state index contributed by atoms with van der Waals surface area (Å²) in [4.78, 5) is 61.2. The molecule has 0 saturated carbocycles. The van der Waals surface area contributed by atoms with Gasteiger partial charge in [-0.3, -0.25) is 29.6 Å². The van der Waals surface area contributed by atoms with Gasteiger partial charge in [0.1, 0.15) is 5.82 Å². The Bertz CT molecular complexity index is 1440. The van der Waals surface area contributed by atoms with E-state index in [1.807, 2.05) is 0 Å². The van der Waals surface area contributed by atoms with Crippen LogP contribution in [0.25, 0.3) is 0 Å². The number of aromatic nitrogens is 2. The van der Waals surface area contributed by atoms with Crippen LogP contribution in [0.2, 0.25) is 0 Å². The summed E-state index contributed by atoms with van der Waals surface area (Å²) in [5.41, 5.74) is 4.46. The Morgan fingerprint density at radius 2 is 1.51 bits per heavy atom. The number of nitrogens with zero attached hydrogens (tertiary/aromatic N) is 2. The molecule has 178 valence electrons. The number of H-pyrrole nitrogens is 1. The minimum absolute atomic E-state index is 0.0705. The van der Waals surface area contributed by atoms with Crippen molar-refractivity contribution in [2.45, 2.75) is 12.0 Å². The lowest BCUT2D eigenvalue weighted by atomic mass is 9.59. The lowest BCUT2D eigenvalue weighted by molar-refractivity contribution is -0.153. The van der Waals surface area contributed by atoms with Crippen molar-refractivity contribution in [1.29, 1.82) is 0 Å². The van der Waals surface area contributed by atoms with Gasteiger partial charge in [0.05, 0.1) is 11.6 Å². The second kappa shape index (κ2) is 8.31. The molecule has 10 nitrogen and oxygen atoms in total. The Balaban J connectivity index is 1.90. The fourth-order valence-electron chi connectivity index (χ4n) is 4.87. The van der Waals surface area contributed by atoms with Crippen molar-refractivity contribution < 1.29 is 14.4 Å². The van der Waals surface area contributed by atoms with Gasteiger partial charge in [-0.25, -0.2) is 4.79 Å². The third kappa shape index (κ3) is 3.47. The summed E-state index contributed by atoms with van der Waals surface area (Å²) in [7, 11) is 1.30. The first-order valence-corrected chi connectivity index (χ1v) is 12.0. The first kappa shape index (κ1) is 23.2. The van der Waals surface area contributed by atoms with Gasteiger partial charge in [0.15, 0.2) is 5.41 Å². The summed E-state index contributed by atoms with van der Waals surface area (Å²) in [6, 6.07) is 12.1. The van der Waals surface area contributed by atoms with Gasteiger partial charge >= 0.3 is 6.03 Å². The Labute approximate surface area is 215 Å². The van der Waals surface area contributed by atoms with E-state index in [1.54, 1.807) is 48.5 Å². The monoisotopic (exact) mass is 600 g/mol. The maximum atomic E-state index is 14.0. The van der Waals surface area contributed by atoms with E-state index in [1.165, 1.54) is 7.05 Å². The maximum Gasteiger partial charge on any atom is 0.330 e. The molecule has 5 rings (SSSR count). The molecule has 0 bridgehead atoms. The standard InChI is InChI=1S/C23H18Br2N6O4/c1-31-20(34)23(19(33)30-22(31)35)15(10-2-6-12(24)7-3-10)14-17(28-21(26)29-18(14)32)27-16(23)11-4-8-13(25)9-5-11/h2-9,15-16H,1H3,(H,30,33,35)(H4,26,27,28,29,32). The molecule has 35 heavy (non-hydrogen) atoms. The van der Waals surface area contributed by atoms with E-state index in [2.05, 4.69) is 52.5 Å². The number of nitrogen functional groups attached to an aromatic ring is 1. The van der Waals surface area contributed by atoms with E-state index in [0.717, 1.165) is 13.8 Å². The van der Waals surface area contributed by atoms with Gasteiger partial charge in [-0.1, -0.05) is 56.1 Å². The van der Waals surface area contributed by atoms with E-state index in [9.17, 15) is 19.2 Å². The number of hydrogen-bond donors (Lipinski definition) is 4. The molecule has 3 heterocycles. The third-order valence-corrected chi connectivity index (χ3v) is 7.48. The largest absolute Gasteiger partial charge is 0.369 e. The van der Waals surface area contributed by atoms with Crippen molar-refractivity contribution in [3.63, 3.8) is 0 Å². The SMILES string of the molecule is CN1C(=O)NC(=O)C2(C1=O)C(c1ccc(Br)cc1)Nc1nc(N)[nH]c(=O)c1C2c1ccc(Br)cc1. The van der Waals surface area contributed by atoms with Gasteiger partial charge in [-0.05, 0) is 35.4 Å². The zero-order chi connectivity index (χ0) is 25.1. The van der Waals surface area contributed by atoms with Gasteiger partial charge in [-0.15, -0.1) is 0 Å². The highest BCUT2D eigenvalue weighted by Crippen LogP contribution is 2.56. The number of anilines is 2. The molecule has 3 unspecified atom stereocenters. The number of imide groups is 2. The van der Waals surface area contributed by atoms with Crippen LogP contribution in [0.1, 0.15) is 28.7 Å². The summed E-state index contributed by atoms with van der Waals surface area (Å²) in [6.45, 7) is 0. The second-order valence-electron chi connectivity index (χ2n) is 8.32. The number of fused-ring (bicyclic) bond motifs is 1. The summed E-state index contributed by atoms with van der Waals surface area (Å²) in [6.07, 6.45) is 0. The number of hydrogen-bond acceptors (Lipinski definition) is 7. The van der Waals surface area contributed by atoms with Crippen LogP contribution in [-0.4, -0.2) is 39.8 Å². The number of benzene rings is 2. The van der Waals surface area contributed by atoms with Gasteiger partial charge in [-0.2, -0.15) is 4.98 Å². The van der Waals surface area contributed by atoms with E-state index >= 15 is 0 Å². The first-order chi connectivity index (χ1) is 16.6. The molecule has 5 N–H and O–H groups in total. The highest BCUT2D eigenvalue weighted by molar-refractivity contribution is 9.10. The van der Waals surface area contributed by atoms with Crippen LogP contribution >= 0.6 is 31.9 Å². The van der Waals surface area contributed by atoms with E-state index in [4.69, 9.17) is 5.73 Å². The normalized spacial score (nSPS) is 23.6. The number of amides is 4. The molecule has 1 aromatic heterocycles. The summed E-state index contributed by atoms with van der Waals surface area (Å²) in [5.74, 6) is -2.63. The van der Waals surface area contributed by atoms with Crippen LogP contribution < -0.4 is 21.9 Å². The van der Waals surface area contributed by atoms with Crippen LogP contribution in [0.5, 0.6) is 0 Å². The quantitative estimate of drug-likeness (QED) is 0.330. The van der Waals surface area contributed by atoms with Crippen molar-refractivity contribution in [3.05, 3.63) is 84.5 Å².